The van der Waals surface area contributed by atoms with Gasteiger partial charge >= 0.3 is 11.8 Å². The first-order valence-corrected chi connectivity index (χ1v) is 9.35. The number of halogens is 1. The molecule has 0 unspecified atom stereocenters. The van der Waals surface area contributed by atoms with E-state index >= 15 is 0 Å². The number of hydrogen-bond donors (Lipinski definition) is 2. The highest BCUT2D eigenvalue weighted by atomic mass is 19.1. The Bertz CT molecular complexity index is 790. The summed E-state index contributed by atoms with van der Waals surface area (Å²) in [5.74, 6) is -1.69. The van der Waals surface area contributed by atoms with E-state index in [4.69, 9.17) is 0 Å². The Morgan fingerprint density at radius 2 is 1.61 bits per heavy atom. The molecular weight excluding hydrogens is 359 g/mol. The van der Waals surface area contributed by atoms with Crippen molar-refractivity contribution in [2.45, 2.75) is 6.04 Å². The maximum absolute atomic E-state index is 13.3. The smallest absolute Gasteiger partial charge is 0.313 e. The highest BCUT2D eigenvalue weighted by Crippen LogP contribution is 2.22. The number of rotatable bonds is 5. The van der Waals surface area contributed by atoms with E-state index in [0.29, 0.717) is 5.69 Å². The van der Waals surface area contributed by atoms with Crippen molar-refractivity contribution in [2.24, 2.45) is 0 Å². The van der Waals surface area contributed by atoms with Crippen LogP contribution >= 0.6 is 0 Å². The summed E-state index contributed by atoms with van der Waals surface area (Å²) < 4.78 is 13.3. The number of para-hydroxylation sites is 1. The number of amides is 2. The van der Waals surface area contributed by atoms with Gasteiger partial charge in [-0.15, -0.1) is 0 Å². The third kappa shape index (κ3) is 5.37. The first-order chi connectivity index (χ1) is 13.5. The lowest BCUT2D eigenvalue weighted by Gasteiger charge is -2.38. The molecule has 3 rings (SSSR count). The summed E-state index contributed by atoms with van der Waals surface area (Å²) in [4.78, 5) is 28.9. The highest BCUT2D eigenvalue weighted by molar-refractivity contribution is 6.39. The minimum Gasteiger partial charge on any atom is -0.346 e. The third-order valence-electron chi connectivity index (χ3n) is 4.93. The standard InChI is InChI=1S/C21H25FN4O2/c1-25-11-13-26(14-12-25)19(16-7-9-17(22)10-8-16)15-23-20(27)21(28)24-18-5-3-2-4-6-18/h2-10,19H,11-15H2,1H3,(H,23,27)(H,24,28)/t19-/m0/s1. The van der Waals surface area contributed by atoms with Gasteiger partial charge in [0.05, 0.1) is 6.04 Å². The number of benzene rings is 2. The molecule has 28 heavy (non-hydrogen) atoms. The zero-order valence-electron chi connectivity index (χ0n) is 15.9. The minimum atomic E-state index is -0.706. The highest BCUT2D eigenvalue weighted by Gasteiger charge is 2.25. The molecular formula is C21H25FN4O2. The van der Waals surface area contributed by atoms with Crippen molar-refractivity contribution in [3.05, 3.63) is 66.0 Å². The second-order valence-electron chi connectivity index (χ2n) is 6.94. The van der Waals surface area contributed by atoms with E-state index in [1.165, 1.54) is 12.1 Å². The zero-order chi connectivity index (χ0) is 19.9. The van der Waals surface area contributed by atoms with Crippen molar-refractivity contribution in [1.29, 1.82) is 0 Å². The molecule has 148 valence electrons. The van der Waals surface area contributed by atoms with Gasteiger partial charge in [0, 0.05) is 38.4 Å². The van der Waals surface area contributed by atoms with E-state index < -0.39 is 11.8 Å². The third-order valence-corrected chi connectivity index (χ3v) is 4.93. The monoisotopic (exact) mass is 384 g/mol. The molecule has 1 aliphatic rings. The molecule has 2 aromatic rings. The summed E-state index contributed by atoms with van der Waals surface area (Å²) >= 11 is 0. The maximum Gasteiger partial charge on any atom is 0.313 e. The number of nitrogens with zero attached hydrogens (tertiary/aromatic N) is 2. The van der Waals surface area contributed by atoms with E-state index in [1.807, 2.05) is 6.07 Å². The Hall–Kier alpha value is -2.77. The molecule has 0 bridgehead atoms. The number of carbonyl (C=O) groups is 2. The number of hydrogen-bond acceptors (Lipinski definition) is 4. The molecule has 1 atom stereocenters. The molecule has 2 aromatic carbocycles. The molecule has 2 amide bonds. The molecule has 0 aliphatic carbocycles. The molecule has 2 N–H and O–H groups in total. The van der Waals surface area contributed by atoms with Crippen LogP contribution < -0.4 is 10.6 Å². The average molecular weight is 384 g/mol. The molecule has 0 aromatic heterocycles. The Labute approximate surface area is 164 Å². The van der Waals surface area contributed by atoms with Crippen molar-refractivity contribution in [2.75, 3.05) is 45.1 Å². The molecule has 0 saturated carbocycles. The largest absolute Gasteiger partial charge is 0.346 e. The fourth-order valence-electron chi connectivity index (χ4n) is 3.26. The average Bonchev–Trinajstić information content (AvgIpc) is 2.71. The van der Waals surface area contributed by atoms with Crippen molar-refractivity contribution < 1.29 is 14.0 Å². The van der Waals surface area contributed by atoms with Gasteiger partial charge in [-0.3, -0.25) is 14.5 Å². The topological polar surface area (TPSA) is 64.7 Å². The fraction of sp³-hybridized carbons (Fsp3) is 0.333. The Kier molecular flexibility index (Phi) is 6.73. The van der Waals surface area contributed by atoms with Crippen LogP contribution in [0.1, 0.15) is 11.6 Å². The Balaban J connectivity index is 1.64. The molecule has 1 aliphatic heterocycles. The number of likely N-dealkylation sites (N-methyl/N-ethyl adjacent to an activating group) is 1. The Morgan fingerprint density at radius 1 is 0.964 bits per heavy atom. The van der Waals surface area contributed by atoms with Crippen LogP contribution in [0.5, 0.6) is 0 Å². The molecule has 0 radical (unpaired) electrons. The lowest BCUT2D eigenvalue weighted by molar-refractivity contribution is -0.136. The quantitative estimate of drug-likeness (QED) is 0.773. The minimum absolute atomic E-state index is 0.122. The van der Waals surface area contributed by atoms with Gasteiger partial charge in [-0.25, -0.2) is 4.39 Å². The van der Waals surface area contributed by atoms with E-state index in [1.54, 1.807) is 36.4 Å². The van der Waals surface area contributed by atoms with Crippen LogP contribution in [0.4, 0.5) is 10.1 Å². The van der Waals surface area contributed by atoms with Gasteiger partial charge < -0.3 is 15.5 Å². The SMILES string of the molecule is CN1CCN([C@@H](CNC(=O)C(=O)Nc2ccccc2)c2ccc(F)cc2)CC1. The van der Waals surface area contributed by atoms with Gasteiger partial charge in [0.2, 0.25) is 0 Å². The molecule has 6 nitrogen and oxygen atoms in total. The molecule has 1 heterocycles. The summed E-state index contributed by atoms with van der Waals surface area (Å²) in [6.45, 7) is 3.78. The van der Waals surface area contributed by atoms with Gasteiger partial charge in [0.1, 0.15) is 5.82 Å². The summed E-state index contributed by atoms with van der Waals surface area (Å²) in [5.41, 5.74) is 1.48. The van der Waals surface area contributed by atoms with Crippen molar-refractivity contribution in [1.82, 2.24) is 15.1 Å². The number of carbonyl (C=O) groups excluding carboxylic acids is 2. The van der Waals surface area contributed by atoms with Crippen LogP contribution in [0.2, 0.25) is 0 Å². The van der Waals surface area contributed by atoms with Crippen molar-refractivity contribution in [3.8, 4) is 0 Å². The van der Waals surface area contributed by atoms with Gasteiger partial charge in [0.15, 0.2) is 0 Å². The van der Waals surface area contributed by atoms with Gasteiger partial charge in [0.25, 0.3) is 0 Å². The van der Waals surface area contributed by atoms with E-state index in [0.717, 1.165) is 31.7 Å². The van der Waals surface area contributed by atoms with Gasteiger partial charge in [-0.05, 0) is 36.9 Å². The maximum atomic E-state index is 13.3. The van der Waals surface area contributed by atoms with Crippen LogP contribution in [0.3, 0.4) is 0 Å². The van der Waals surface area contributed by atoms with E-state index in [-0.39, 0.29) is 18.4 Å². The van der Waals surface area contributed by atoms with Crippen LogP contribution in [-0.4, -0.2) is 61.4 Å². The number of nitrogens with one attached hydrogen (secondary N) is 2. The number of piperazine rings is 1. The van der Waals surface area contributed by atoms with Crippen molar-refractivity contribution >= 4 is 17.5 Å². The normalized spacial score (nSPS) is 16.4. The molecule has 0 spiro atoms. The Morgan fingerprint density at radius 3 is 2.25 bits per heavy atom. The first-order valence-electron chi connectivity index (χ1n) is 9.35. The van der Waals surface area contributed by atoms with E-state index in [2.05, 4.69) is 27.5 Å². The second kappa shape index (κ2) is 9.43. The number of anilines is 1. The zero-order valence-corrected chi connectivity index (χ0v) is 15.9. The first kappa shape index (κ1) is 20.0. The lowest BCUT2D eigenvalue weighted by Crippen LogP contribution is -2.49. The van der Waals surface area contributed by atoms with Gasteiger partial charge in [-0.2, -0.15) is 0 Å². The van der Waals surface area contributed by atoms with Gasteiger partial charge in [-0.1, -0.05) is 30.3 Å². The molecule has 7 heteroatoms. The summed E-state index contributed by atoms with van der Waals surface area (Å²) in [6.07, 6.45) is 0. The molecule has 1 saturated heterocycles. The molecule has 1 fully saturated rings. The predicted octanol–water partition coefficient (Wildman–Crippen LogP) is 1.87. The predicted molar refractivity (Wildman–Crippen MR) is 106 cm³/mol. The van der Waals surface area contributed by atoms with Crippen LogP contribution in [0, 0.1) is 5.82 Å². The summed E-state index contributed by atoms with van der Waals surface area (Å²) in [7, 11) is 2.07. The lowest BCUT2D eigenvalue weighted by atomic mass is 10.0. The van der Waals surface area contributed by atoms with Crippen LogP contribution in [0.15, 0.2) is 54.6 Å². The second-order valence-corrected chi connectivity index (χ2v) is 6.94. The summed E-state index contributed by atoms with van der Waals surface area (Å²) in [6, 6.07) is 15.0. The van der Waals surface area contributed by atoms with Crippen LogP contribution in [0.25, 0.3) is 0 Å². The summed E-state index contributed by atoms with van der Waals surface area (Å²) in [5, 5.41) is 5.30. The van der Waals surface area contributed by atoms with Crippen molar-refractivity contribution in [3.63, 3.8) is 0 Å². The fourth-order valence-corrected chi connectivity index (χ4v) is 3.26. The van der Waals surface area contributed by atoms with E-state index in [9.17, 15) is 14.0 Å². The van der Waals surface area contributed by atoms with Crippen LogP contribution in [-0.2, 0) is 9.59 Å².